The molecule has 2 aliphatic heterocycles. The SMILES string of the molecule is C[C@@H]1[C@H]2C[C@H](C[C@@H]1N1CCN(C(N)=Nc3ccc4c(c3)C(=O)N(Cc3ccc(Cl)cc3Cl)C4=O)C[C@@H]1C)C2(C)C. The standard InChI is InChI=1S/C31H37Cl2N5O2/c1-17-15-36(9-10-37(17)27-12-20-11-25(18(27)2)31(20,3)4)30(34)35-22-7-8-23-24(14-22)29(40)38(28(23)39)16-19-5-6-21(32)13-26(19)33/h5-8,13-14,17-18,20,25,27H,9-12,15-16H2,1-4H3,(H2,34,35)/t17-,18+,20+,25+,27-/m0/s1. The lowest BCUT2D eigenvalue weighted by Crippen LogP contribution is -2.65. The predicted octanol–water partition coefficient (Wildman–Crippen LogP) is 5.81. The number of hydrogen-bond donors (Lipinski definition) is 1. The molecule has 0 unspecified atom stereocenters. The molecule has 3 aliphatic carbocycles. The third-order valence-electron chi connectivity index (χ3n) is 10.3. The Morgan fingerprint density at radius 2 is 1.77 bits per heavy atom. The fourth-order valence-corrected chi connectivity index (χ4v) is 8.22. The minimum atomic E-state index is -0.369. The molecule has 2 amide bonds. The molecule has 0 radical (unpaired) electrons. The van der Waals surface area contributed by atoms with Crippen LogP contribution in [-0.4, -0.2) is 64.2 Å². The van der Waals surface area contributed by atoms with E-state index in [-0.39, 0.29) is 18.4 Å². The molecule has 212 valence electrons. The number of aliphatic imine (C=N–C) groups is 1. The molecule has 7 nitrogen and oxygen atoms in total. The van der Waals surface area contributed by atoms with Crippen molar-refractivity contribution >= 4 is 46.7 Å². The van der Waals surface area contributed by atoms with Crippen LogP contribution < -0.4 is 5.73 Å². The summed E-state index contributed by atoms with van der Waals surface area (Å²) in [6, 6.07) is 11.1. The van der Waals surface area contributed by atoms with Gasteiger partial charge in [0.15, 0.2) is 5.96 Å². The molecule has 4 fully saturated rings. The molecule has 0 aromatic heterocycles. The molecule has 2 heterocycles. The summed E-state index contributed by atoms with van der Waals surface area (Å²) in [6.45, 7) is 12.3. The van der Waals surface area contributed by atoms with Crippen LogP contribution in [0.5, 0.6) is 0 Å². The maximum Gasteiger partial charge on any atom is 0.261 e. The fourth-order valence-electron chi connectivity index (χ4n) is 7.75. The van der Waals surface area contributed by atoms with E-state index in [2.05, 4.69) is 42.5 Å². The topological polar surface area (TPSA) is 82.2 Å². The first-order valence-corrected chi connectivity index (χ1v) is 15.0. The summed E-state index contributed by atoms with van der Waals surface area (Å²) in [5.41, 5.74) is 8.88. The molecular weight excluding hydrogens is 545 g/mol. The molecule has 5 aliphatic rings. The number of amides is 2. The van der Waals surface area contributed by atoms with Crippen molar-refractivity contribution in [1.82, 2.24) is 14.7 Å². The summed E-state index contributed by atoms with van der Waals surface area (Å²) in [5, 5.41) is 0.908. The smallest absolute Gasteiger partial charge is 0.261 e. The van der Waals surface area contributed by atoms with Gasteiger partial charge in [0.1, 0.15) is 0 Å². The van der Waals surface area contributed by atoms with E-state index in [1.807, 2.05) is 0 Å². The number of piperazine rings is 1. The Kier molecular flexibility index (Phi) is 6.91. The Morgan fingerprint density at radius 1 is 1.02 bits per heavy atom. The van der Waals surface area contributed by atoms with Crippen molar-refractivity contribution in [2.24, 2.45) is 33.9 Å². The molecule has 7 rings (SSSR count). The highest BCUT2D eigenvalue weighted by Gasteiger charge is 2.57. The number of imide groups is 1. The van der Waals surface area contributed by atoms with Crippen LogP contribution in [0.4, 0.5) is 5.69 Å². The van der Waals surface area contributed by atoms with E-state index in [1.54, 1.807) is 36.4 Å². The number of rotatable bonds is 4. The lowest BCUT2D eigenvalue weighted by Gasteiger charge is -2.64. The largest absolute Gasteiger partial charge is 0.369 e. The summed E-state index contributed by atoms with van der Waals surface area (Å²) < 4.78 is 0. The molecule has 2 aromatic carbocycles. The minimum Gasteiger partial charge on any atom is -0.369 e. The van der Waals surface area contributed by atoms with Gasteiger partial charge in [0.2, 0.25) is 0 Å². The van der Waals surface area contributed by atoms with Gasteiger partial charge < -0.3 is 10.6 Å². The Labute approximate surface area is 246 Å². The number of carbonyl (C=O) groups is 2. The van der Waals surface area contributed by atoms with Crippen molar-refractivity contribution in [2.75, 3.05) is 19.6 Å². The molecule has 2 aromatic rings. The van der Waals surface area contributed by atoms with Crippen LogP contribution in [-0.2, 0) is 6.54 Å². The lowest BCUT2D eigenvalue weighted by atomic mass is 9.44. The first-order chi connectivity index (χ1) is 19.0. The van der Waals surface area contributed by atoms with Crippen molar-refractivity contribution in [3.05, 3.63) is 63.1 Å². The number of nitrogens with two attached hydrogens (primary N) is 1. The summed E-state index contributed by atoms with van der Waals surface area (Å²) >= 11 is 12.3. The second kappa shape index (κ2) is 10.0. The third kappa shape index (κ3) is 4.50. The molecule has 9 heteroatoms. The Hall–Kier alpha value is -2.61. The number of benzene rings is 2. The van der Waals surface area contributed by atoms with Crippen molar-refractivity contribution in [1.29, 1.82) is 0 Å². The van der Waals surface area contributed by atoms with E-state index in [4.69, 9.17) is 28.9 Å². The van der Waals surface area contributed by atoms with Gasteiger partial charge >= 0.3 is 0 Å². The maximum atomic E-state index is 13.2. The Morgan fingerprint density at radius 3 is 2.45 bits per heavy atom. The molecule has 5 atom stereocenters. The van der Waals surface area contributed by atoms with E-state index in [1.165, 1.54) is 17.7 Å². The van der Waals surface area contributed by atoms with Gasteiger partial charge in [-0.3, -0.25) is 19.4 Å². The predicted molar refractivity (Wildman–Crippen MR) is 159 cm³/mol. The highest BCUT2D eigenvalue weighted by atomic mass is 35.5. The Balaban J connectivity index is 1.13. The summed E-state index contributed by atoms with van der Waals surface area (Å²) in [6.07, 6.45) is 2.68. The summed E-state index contributed by atoms with van der Waals surface area (Å²) in [5.74, 6) is 2.09. The van der Waals surface area contributed by atoms with Gasteiger partial charge in [-0.2, -0.15) is 0 Å². The van der Waals surface area contributed by atoms with Crippen molar-refractivity contribution < 1.29 is 9.59 Å². The zero-order valence-corrected chi connectivity index (χ0v) is 25.0. The van der Waals surface area contributed by atoms with Crippen LogP contribution in [0, 0.1) is 23.2 Å². The van der Waals surface area contributed by atoms with Crippen LogP contribution in [0.1, 0.15) is 66.8 Å². The quantitative estimate of drug-likeness (QED) is 0.280. The zero-order chi connectivity index (χ0) is 28.5. The number of carbonyl (C=O) groups excluding carboxylic acids is 2. The fraction of sp³-hybridized carbons (Fsp3) is 0.516. The lowest BCUT2D eigenvalue weighted by molar-refractivity contribution is -0.147. The highest BCUT2D eigenvalue weighted by Crippen LogP contribution is 2.62. The molecule has 0 spiro atoms. The average Bonchev–Trinajstić information content (AvgIpc) is 3.14. The minimum absolute atomic E-state index is 0.0733. The van der Waals surface area contributed by atoms with E-state index in [9.17, 15) is 9.59 Å². The van der Waals surface area contributed by atoms with Gasteiger partial charge in [0, 0.05) is 41.8 Å². The van der Waals surface area contributed by atoms with Crippen LogP contribution >= 0.6 is 23.2 Å². The van der Waals surface area contributed by atoms with Gasteiger partial charge in [0.05, 0.1) is 23.4 Å². The monoisotopic (exact) mass is 581 g/mol. The van der Waals surface area contributed by atoms with E-state index in [0.717, 1.165) is 31.5 Å². The second-order valence-corrected chi connectivity index (χ2v) is 13.5. The number of guanidine groups is 1. The molecule has 2 N–H and O–H groups in total. The normalized spacial score (nSPS) is 29.9. The number of nitrogens with zero attached hydrogens (tertiary/aromatic N) is 4. The molecular formula is C31H37Cl2N5O2. The van der Waals surface area contributed by atoms with E-state index < -0.39 is 0 Å². The first-order valence-electron chi connectivity index (χ1n) is 14.2. The molecule has 2 bridgehead atoms. The molecule has 3 saturated carbocycles. The number of halogens is 2. The third-order valence-corrected chi connectivity index (χ3v) is 10.9. The van der Waals surface area contributed by atoms with Crippen LogP contribution in [0.15, 0.2) is 41.4 Å². The van der Waals surface area contributed by atoms with Crippen LogP contribution in [0.3, 0.4) is 0 Å². The second-order valence-electron chi connectivity index (χ2n) is 12.7. The van der Waals surface area contributed by atoms with Crippen molar-refractivity contribution in [2.45, 2.75) is 59.2 Å². The summed E-state index contributed by atoms with van der Waals surface area (Å²) in [4.78, 5) is 36.9. The van der Waals surface area contributed by atoms with Gasteiger partial charge in [0.25, 0.3) is 11.8 Å². The first kappa shape index (κ1) is 27.6. The number of fused-ring (bicyclic) bond motifs is 3. The van der Waals surface area contributed by atoms with E-state index >= 15 is 0 Å². The zero-order valence-electron chi connectivity index (χ0n) is 23.5. The van der Waals surface area contributed by atoms with Crippen molar-refractivity contribution in [3.8, 4) is 0 Å². The van der Waals surface area contributed by atoms with Gasteiger partial charge in [-0.1, -0.05) is 50.0 Å². The van der Waals surface area contributed by atoms with Crippen molar-refractivity contribution in [3.63, 3.8) is 0 Å². The average molecular weight is 583 g/mol. The number of hydrogen-bond acceptors (Lipinski definition) is 4. The summed E-state index contributed by atoms with van der Waals surface area (Å²) in [7, 11) is 0. The van der Waals surface area contributed by atoms with Crippen LogP contribution in [0.25, 0.3) is 0 Å². The molecule has 40 heavy (non-hydrogen) atoms. The van der Waals surface area contributed by atoms with Gasteiger partial charge in [-0.25, -0.2) is 4.99 Å². The maximum absolute atomic E-state index is 13.2. The highest BCUT2D eigenvalue weighted by molar-refractivity contribution is 6.35. The van der Waals surface area contributed by atoms with Gasteiger partial charge in [-0.05, 0) is 78.8 Å². The van der Waals surface area contributed by atoms with Gasteiger partial charge in [-0.15, -0.1) is 0 Å². The van der Waals surface area contributed by atoms with Crippen LogP contribution in [0.2, 0.25) is 10.0 Å². The Bertz CT molecular complexity index is 1410. The van der Waals surface area contributed by atoms with E-state index in [0.29, 0.717) is 61.8 Å². The molecule has 1 saturated heterocycles.